The van der Waals surface area contributed by atoms with Crippen LogP contribution in [0, 0.1) is 0 Å². The second-order valence-corrected chi connectivity index (χ2v) is 4.40. The van der Waals surface area contributed by atoms with Crippen LogP contribution < -0.4 is 0 Å². The first-order valence-electron chi connectivity index (χ1n) is 6.24. The lowest BCUT2D eigenvalue weighted by atomic mass is 10.3. The van der Waals surface area contributed by atoms with Crippen molar-refractivity contribution in [3.63, 3.8) is 0 Å². The van der Waals surface area contributed by atoms with E-state index in [2.05, 4.69) is 15.1 Å². The molecule has 1 aromatic heterocycles. The molecule has 2 heterocycles. The van der Waals surface area contributed by atoms with Crippen molar-refractivity contribution in [3.8, 4) is 0 Å². The molecule has 2 rings (SSSR count). The first kappa shape index (κ1) is 13.9. The molecule has 0 saturated heterocycles. The summed E-state index contributed by atoms with van der Waals surface area (Å²) in [6, 6.07) is 1.30. The van der Waals surface area contributed by atoms with Crippen LogP contribution >= 0.6 is 0 Å². The lowest BCUT2D eigenvalue weighted by molar-refractivity contribution is 0.0689. The number of carboxylic acid groups (broad SMARTS) is 1. The summed E-state index contributed by atoms with van der Waals surface area (Å²) < 4.78 is 1.44. The number of azide groups is 1. The first-order chi connectivity index (χ1) is 9.63. The minimum Gasteiger partial charge on any atom is -0.476 e. The maximum atomic E-state index is 12.3. The predicted octanol–water partition coefficient (Wildman–Crippen LogP) is 1.13. The van der Waals surface area contributed by atoms with Gasteiger partial charge < -0.3 is 10.0 Å². The van der Waals surface area contributed by atoms with Gasteiger partial charge in [-0.1, -0.05) is 5.11 Å². The number of hydrogen-bond donors (Lipinski definition) is 1. The highest BCUT2D eigenvalue weighted by Crippen LogP contribution is 2.14. The van der Waals surface area contributed by atoms with Gasteiger partial charge in [0.1, 0.15) is 5.69 Å². The Bertz CT molecular complexity index is 575. The predicted molar refractivity (Wildman–Crippen MR) is 68.3 cm³/mol. The minimum atomic E-state index is -1.15. The topological polar surface area (TPSA) is 124 Å². The standard InChI is InChI=1S/C11H14N6O3/c12-15-13-3-1-4-16-5-2-6-17-9(10(16)18)7-8(14-17)11(19)20/h7H,1-6H2,(H,19,20). The van der Waals surface area contributed by atoms with E-state index in [9.17, 15) is 9.59 Å². The molecule has 1 aliphatic heterocycles. The van der Waals surface area contributed by atoms with Crippen LogP contribution in [0.4, 0.5) is 0 Å². The summed E-state index contributed by atoms with van der Waals surface area (Å²) in [5.74, 6) is -1.38. The van der Waals surface area contributed by atoms with E-state index >= 15 is 0 Å². The van der Waals surface area contributed by atoms with Gasteiger partial charge in [0.05, 0.1) is 0 Å². The second kappa shape index (κ2) is 6.07. The summed E-state index contributed by atoms with van der Waals surface area (Å²) in [7, 11) is 0. The minimum absolute atomic E-state index is 0.121. The smallest absolute Gasteiger partial charge is 0.356 e. The Balaban J connectivity index is 2.12. The van der Waals surface area contributed by atoms with Crippen molar-refractivity contribution >= 4 is 11.9 Å². The van der Waals surface area contributed by atoms with E-state index in [1.54, 1.807) is 4.90 Å². The normalized spacial score (nSPS) is 14.4. The number of fused-ring (bicyclic) bond motifs is 1. The lowest BCUT2D eigenvalue weighted by Gasteiger charge is -2.19. The number of carbonyl (C=O) groups excluding carboxylic acids is 1. The van der Waals surface area contributed by atoms with Crippen LogP contribution in [0.5, 0.6) is 0 Å². The summed E-state index contributed by atoms with van der Waals surface area (Å²) in [5.41, 5.74) is 8.37. The van der Waals surface area contributed by atoms with Crippen LogP contribution in [-0.2, 0) is 6.54 Å². The van der Waals surface area contributed by atoms with Crippen LogP contribution in [0.3, 0.4) is 0 Å². The van der Waals surface area contributed by atoms with E-state index in [1.165, 1.54) is 10.7 Å². The molecule has 106 valence electrons. The number of aromatic carboxylic acids is 1. The molecule has 1 aliphatic rings. The molecule has 0 fully saturated rings. The van der Waals surface area contributed by atoms with Crippen molar-refractivity contribution < 1.29 is 14.7 Å². The summed E-state index contributed by atoms with van der Waals surface area (Å²) in [6.45, 7) is 1.91. The molecule has 1 aromatic rings. The van der Waals surface area contributed by atoms with Crippen LogP contribution in [0.1, 0.15) is 33.8 Å². The number of rotatable bonds is 5. The highest BCUT2D eigenvalue weighted by atomic mass is 16.4. The lowest BCUT2D eigenvalue weighted by Crippen LogP contribution is -2.32. The van der Waals surface area contributed by atoms with E-state index in [-0.39, 0.29) is 11.6 Å². The van der Waals surface area contributed by atoms with Gasteiger partial charge in [-0.15, -0.1) is 0 Å². The quantitative estimate of drug-likeness (QED) is 0.375. The fourth-order valence-corrected chi connectivity index (χ4v) is 2.13. The van der Waals surface area contributed by atoms with Gasteiger partial charge in [-0.2, -0.15) is 5.10 Å². The fraction of sp³-hybridized carbons (Fsp3) is 0.545. The third-order valence-electron chi connectivity index (χ3n) is 3.05. The Morgan fingerprint density at radius 2 is 2.35 bits per heavy atom. The SMILES string of the molecule is [N-]=[N+]=NCCCN1CCCn2nc(C(=O)O)cc2C1=O. The van der Waals surface area contributed by atoms with Crippen molar-refractivity contribution in [2.24, 2.45) is 5.11 Å². The van der Waals surface area contributed by atoms with E-state index < -0.39 is 5.97 Å². The average Bonchev–Trinajstić information content (AvgIpc) is 2.79. The zero-order valence-corrected chi connectivity index (χ0v) is 10.8. The fourth-order valence-electron chi connectivity index (χ4n) is 2.13. The van der Waals surface area contributed by atoms with Crippen molar-refractivity contribution in [1.82, 2.24) is 14.7 Å². The zero-order chi connectivity index (χ0) is 14.5. The summed E-state index contributed by atoms with van der Waals surface area (Å²) in [6.07, 6.45) is 1.29. The van der Waals surface area contributed by atoms with E-state index in [0.717, 1.165) is 0 Å². The Kier molecular flexibility index (Phi) is 4.21. The van der Waals surface area contributed by atoms with Crippen molar-refractivity contribution in [2.75, 3.05) is 19.6 Å². The molecule has 0 atom stereocenters. The highest BCUT2D eigenvalue weighted by Gasteiger charge is 2.25. The molecule has 0 aliphatic carbocycles. The van der Waals surface area contributed by atoms with Crippen molar-refractivity contribution in [3.05, 3.63) is 27.9 Å². The maximum absolute atomic E-state index is 12.3. The molecular formula is C11H14N6O3. The number of aromatic nitrogens is 2. The second-order valence-electron chi connectivity index (χ2n) is 4.40. The number of carboxylic acids is 1. The molecule has 9 nitrogen and oxygen atoms in total. The Hall–Kier alpha value is -2.54. The molecule has 0 unspecified atom stereocenters. The number of nitrogens with zero attached hydrogens (tertiary/aromatic N) is 6. The van der Waals surface area contributed by atoms with Gasteiger partial charge in [0.15, 0.2) is 5.69 Å². The molecule has 20 heavy (non-hydrogen) atoms. The van der Waals surface area contributed by atoms with Gasteiger partial charge in [-0.05, 0) is 18.4 Å². The van der Waals surface area contributed by atoms with Gasteiger partial charge in [0.25, 0.3) is 5.91 Å². The molecule has 0 aromatic carbocycles. The van der Waals surface area contributed by atoms with Crippen LogP contribution in [0.2, 0.25) is 0 Å². The molecule has 1 N–H and O–H groups in total. The number of carbonyl (C=O) groups is 2. The zero-order valence-electron chi connectivity index (χ0n) is 10.8. The van der Waals surface area contributed by atoms with E-state index in [1.807, 2.05) is 0 Å². The van der Waals surface area contributed by atoms with Gasteiger partial charge in [-0.25, -0.2) is 4.79 Å². The van der Waals surface area contributed by atoms with Gasteiger partial charge in [-0.3, -0.25) is 9.48 Å². The number of aryl methyl sites for hydroxylation is 1. The Morgan fingerprint density at radius 3 is 3.05 bits per heavy atom. The largest absolute Gasteiger partial charge is 0.476 e. The van der Waals surface area contributed by atoms with E-state index in [0.29, 0.717) is 44.7 Å². The van der Waals surface area contributed by atoms with Crippen LogP contribution in [-0.4, -0.2) is 51.3 Å². The van der Waals surface area contributed by atoms with Crippen molar-refractivity contribution in [1.29, 1.82) is 0 Å². The van der Waals surface area contributed by atoms with Gasteiger partial charge in [0.2, 0.25) is 0 Å². The Labute approximate surface area is 114 Å². The molecule has 9 heteroatoms. The highest BCUT2D eigenvalue weighted by molar-refractivity contribution is 5.95. The summed E-state index contributed by atoms with van der Waals surface area (Å²) >= 11 is 0. The molecule has 0 bridgehead atoms. The molecule has 0 radical (unpaired) electrons. The summed E-state index contributed by atoms with van der Waals surface area (Å²) in [4.78, 5) is 27.5. The number of amides is 1. The number of hydrogen-bond acceptors (Lipinski definition) is 4. The first-order valence-corrected chi connectivity index (χ1v) is 6.24. The van der Waals surface area contributed by atoms with Crippen molar-refractivity contribution in [2.45, 2.75) is 19.4 Å². The third-order valence-corrected chi connectivity index (χ3v) is 3.05. The monoisotopic (exact) mass is 278 g/mol. The summed E-state index contributed by atoms with van der Waals surface area (Å²) in [5, 5.41) is 16.2. The Morgan fingerprint density at radius 1 is 1.55 bits per heavy atom. The van der Waals surface area contributed by atoms with E-state index in [4.69, 9.17) is 10.6 Å². The van der Waals surface area contributed by atoms with Gasteiger partial charge >= 0.3 is 5.97 Å². The van der Waals surface area contributed by atoms with Gasteiger partial charge in [0, 0.05) is 37.2 Å². The molecule has 0 spiro atoms. The molecule has 1 amide bonds. The maximum Gasteiger partial charge on any atom is 0.356 e. The molecule has 0 saturated carbocycles. The molecular weight excluding hydrogens is 264 g/mol. The third kappa shape index (κ3) is 2.89. The van der Waals surface area contributed by atoms with Crippen LogP contribution in [0.15, 0.2) is 11.2 Å². The van der Waals surface area contributed by atoms with Crippen LogP contribution in [0.25, 0.3) is 10.4 Å². The average molecular weight is 278 g/mol.